The first kappa shape index (κ1) is 35.8. The number of alkyl halides is 2. The van der Waals surface area contributed by atoms with Crippen molar-refractivity contribution in [3.63, 3.8) is 0 Å². The summed E-state index contributed by atoms with van der Waals surface area (Å²) in [4.78, 5) is 27.0. The van der Waals surface area contributed by atoms with Gasteiger partial charge >= 0.3 is 0 Å². The van der Waals surface area contributed by atoms with Gasteiger partial charge in [0.1, 0.15) is 12.5 Å². The summed E-state index contributed by atoms with van der Waals surface area (Å²) in [6.45, 7) is 12.6. The Balaban J connectivity index is 2.16. The number of amides is 1. The number of halogens is 2. The number of carbonyl (C=O) groups excluding carboxylic acids is 1. The van der Waals surface area contributed by atoms with E-state index >= 15 is 0 Å². The maximum atomic E-state index is 13.0. The third-order valence-corrected chi connectivity index (χ3v) is 8.31. The van der Waals surface area contributed by atoms with Crippen molar-refractivity contribution in [2.45, 2.75) is 84.0 Å². The lowest BCUT2D eigenvalue weighted by Crippen LogP contribution is -2.37. The van der Waals surface area contributed by atoms with Gasteiger partial charge in [-0.05, 0) is 65.1 Å². The highest BCUT2D eigenvalue weighted by molar-refractivity contribution is 6.20. The summed E-state index contributed by atoms with van der Waals surface area (Å²) in [6, 6.07) is 0. The van der Waals surface area contributed by atoms with Crippen molar-refractivity contribution in [3.05, 3.63) is 47.5 Å². The van der Waals surface area contributed by atoms with Gasteiger partial charge in [-0.25, -0.2) is 9.38 Å². The lowest BCUT2D eigenvalue weighted by Gasteiger charge is -2.35. The standard InChI is InChI=1S/C32H51BClFN6O/c1-8-27(19-26(34)21-35)38-25(3)36-23-37-32(5)14-12-28(39-30(42)24(2)11-9-16-33)29(20-32)41(7)17-10-13-31(4)15-18-40(6)22-31/h8-9,11-12,14,23-24,26H,10,13,15-22H2,1-7H3,(H,39,42)(H,36,37,38)/b11-9+,27-8+/t24-,26+,31?,32+/m0/s1. The van der Waals surface area contributed by atoms with Crippen molar-refractivity contribution in [2.24, 2.45) is 21.3 Å². The summed E-state index contributed by atoms with van der Waals surface area (Å²) in [5.41, 5.74) is 2.41. The van der Waals surface area contributed by atoms with Gasteiger partial charge < -0.3 is 20.4 Å². The lowest BCUT2D eigenvalue weighted by molar-refractivity contribution is -0.122. The first-order valence-corrected chi connectivity index (χ1v) is 15.5. The maximum absolute atomic E-state index is 13.0. The van der Waals surface area contributed by atoms with Crippen LogP contribution >= 0.6 is 11.6 Å². The van der Waals surface area contributed by atoms with Crippen LogP contribution in [0.5, 0.6) is 0 Å². The minimum Gasteiger partial charge on any atom is -0.376 e. The summed E-state index contributed by atoms with van der Waals surface area (Å²) in [7, 11) is 9.87. The molecule has 1 amide bonds. The molecule has 2 N–H and O–H groups in total. The number of rotatable bonds is 15. The van der Waals surface area contributed by atoms with Crippen molar-refractivity contribution in [1.82, 2.24) is 20.4 Å². The molecule has 1 aliphatic carbocycles. The number of amidine groups is 1. The predicted molar refractivity (Wildman–Crippen MR) is 177 cm³/mol. The molecule has 0 bridgehead atoms. The minimum absolute atomic E-state index is 0.0703. The number of hydrogen-bond acceptors (Lipinski definition) is 5. The van der Waals surface area contributed by atoms with Gasteiger partial charge in [-0.3, -0.25) is 9.79 Å². The Kier molecular flexibility index (Phi) is 14.5. The zero-order chi connectivity index (χ0) is 31.3. The molecule has 0 aromatic rings. The Morgan fingerprint density at radius 3 is 2.74 bits per heavy atom. The average molecular weight is 601 g/mol. The molecule has 1 unspecified atom stereocenters. The van der Waals surface area contributed by atoms with Crippen molar-refractivity contribution < 1.29 is 9.18 Å². The van der Waals surface area contributed by atoms with Crippen LogP contribution in [0.3, 0.4) is 0 Å². The second-order valence-corrected chi connectivity index (χ2v) is 12.9. The van der Waals surface area contributed by atoms with Gasteiger partial charge in [-0.2, -0.15) is 0 Å². The monoisotopic (exact) mass is 600 g/mol. The lowest BCUT2D eigenvalue weighted by atomic mass is 9.84. The first-order chi connectivity index (χ1) is 19.8. The number of hydrogen-bond donors (Lipinski definition) is 2. The molecular formula is C32H51BClFN6O. The summed E-state index contributed by atoms with van der Waals surface area (Å²) < 4.78 is 12.8. The van der Waals surface area contributed by atoms with Crippen LogP contribution < -0.4 is 10.6 Å². The minimum atomic E-state index is -0.597. The maximum Gasteiger partial charge on any atom is 0.231 e. The molecule has 10 heteroatoms. The van der Waals surface area contributed by atoms with Crippen molar-refractivity contribution in [1.29, 1.82) is 0 Å². The molecule has 1 heterocycles. The molecule has 1 saturated heterocycles. The van der Waals surface area contributed by atoms with Crippen LogP contribution in [0.15, 0.2) is 57.5 Å². The average Bonchev–Trinajstić information content (AvgIpc) is 3.29. The summed E-state index contributed by atoms with van der Waals surface area (Å²) in [5, 5.41) is 5.69. The Hall–Kier alpha value is -2.39. The van der Waals surface area contributed by atoms with E-state index in [0.717, 1.165) is 49.6 Å². The Labute approximate surface area is 259 Å². The van der Waals surface area contributed by atoms with E-state index in [0.29, 0.717) is 30.4 Å². The fourth-order valence-electron chi connectivity index (χ4n) is 5.39. The molecule has 2 rings (SSSR count). The van der Waals surface area contributed by atoms with E-state index in [2.05, 4.69) is 53.4 Å². The molecule has 0 spiro atoms. The van der Waals surface area contributed by atoms with E-state index in [1.807, 2.05) is 51.2 Å². The second-order valence-electron chi connectivity index (χ2n) is 12.3. The predicted octanol–water partition coefficient (Wildman–Crippen LogP) is 5.77. The number of carbonyl (C=O) groups is 1. The summed E-state index contributed by atoms with van der Waals surface area (Å²) in [5.74, 6) is 0.280. The third kappa shape index (κ3) is 11.7. The van der Waals surface area contributed by atoms with Crippen LogP contribution in [-0.4, -0.2) is 87.0 Å². The van der Waals surface area contributed by atoms with Crippen LogP contribution in [0, 0.1) is 11.3 Å². The Bertz CT molecular complexity index is 1090. The van der Waals surface area contributed by atoms with Crippen LogP contribution in [0.2, 0.25) is 6.32 Å². The van der Waals surface area contributed by atoms with Crippen molar-refractivity contribution in [3.8, 4) is 0 Å². The Morgan fingerprint density at radius 1 is 1.38 bits per heavy atom. The fraction of sp³-hybridized carbons (Fsp3) is 0.656. The van der Waals surface area contributed by atoms with Gasteiger partial charge in [0.25, 0.3) is 0 Å². The molecule has 0 saturated carbocycles. The number of nitrogens with zero attached hydrogens (tertiary/aromatic N) is 4. The normalized spacial score (nSPS) is 25.5. The van der Waals surface area contributed by atoms with Crippen molar-refractivity contribution in [2.75, 3.05) is 40.4 Å². The van der Waals surface area contributed by atoms with Gasteiger partial charge in [0.2, 0.25) is 5.91 Å². The molecule has 2 aliphatic rings. The smallest absolute Gasteiger partial charge is 0.231 e. The third-order valence-electron chi connectivity index (χ3n) is 8.04. The van der Waals surface area contributed by atoms with Gasteiger partial charge in [0.05, 0.1) is 36.7 Å². The highest BCUT2D eigenvalue weighted by atomic mass is 35.5. The largest absolute Gasteiger partial charge is 0.376 e. The van der Waals surface area contributed by atoms with E-state index < -0.39 is 17.6 Å². The number of likely N-dealkylation sites (tertiary alicyclic amines) is 1. The van der Waals surface area contributed by atoms with Crippen molar-refractivity contribution >= 4 is 37.5 Å². The molecule has 0 aromatic heterocycles. The quantitative estimate of drug-likeness (QED) is 0.0823. The number of allylic oxidation sites excluding steroid dienone is 4. The van der Waals surface area contributed by atoms with E-state index in [9.17, 15) is 9.18 Å². The zero-order valence-electron chi connectivity index (χ0n) is 26.7. The van der Waals surface area contributed by atoms with Gasteiger partial charge in [0, 0.05) is 44.4 Å². The molecule has 42 heavy (non-hydrogen) atoms. The SMILES string of the molecule is [B]C/C=C/[C@H](C)C(=O)NC1=C(N(C)CCCC2(C)CCN(C)C2)C[C@](C)(N=CNC(C)=N/C(=C/C)C[C@@H](Cl)CF)C=C1. The first-order valence-electron chi connectivity index (χ1n) is 15.0. The molecule has 0 aromatic carbocycles. The highest BCUT2D eigenvalue weighted by Gasteiger charge is 2.32. The van der Waals surface area contributed by atoms with E-state index in [1.165, 1.54) is 6.42 Å². The van der Waals surface area contributed by atoms with E-state index in [1.54, 1.807) is 6.34 Å². The molecule has 4 atom stereocenters. The van der Waals surface area contributed by atoms with Crippen LogP contribution in [0.25, 0.3) is 0 Å². The van der Waals surface area contributed by atoms with Crippen LogP contribution in [-0.2, 0) is 4.79 Å². The van der Waals surface area contributed by atoms with E-state index in [-0.39, 0.29) is 11.8 Å². The van der Waals surface area contributed by atoms with E-state index in [4.69, 9.17) is 24.4 Å². The van der Waals surface area contributed by atoms with Gasteiger partial charge in [0.15, 0.2) is 0 Å². The molecule has 1 fully saturated rings. The Morgan fingerprint density at radius 2 is 2.12 bits per heavy atom. The van der Waals surface area contributed by atoms with Gasteiger partial charge in [-0.15, -0.1) is 11.6 Å². The number of aliphatic imine (C=N–C) groups is 2. The molecule has 1 aliphatic heterocycles. The second kappa shape index (κ2) is 17.0. The van der Waals surface area contributed by atoms with Crippen LogP contribution in [0.1, 0.15) is 66.7 Å². The molecular weight excluding hydrogens is 550 g/mol. The zero-order valence-corrected chi connectivity index (χ0v) is 27.5. The molecule has 232 valence electrons. The topological polar surface area (TPSA) is 72.3 Å². The molecule has 2 radical (unpaired) electrons. The molecule has 7 nitrogen and oxygen atoms in total. The highest BCUT2D eigenvalue weighted by Crippen LogP contribution is 2.35. The van der Waals surface area contributed by atoms with Crippen LogP contribution in [0.4, 0.5) is 4.39 Å². The fourth-order valence-corrected chi connectivity index (χ4v) is 5.55. The van der Waals surface area contributed by atoms with Gasteiger partial charge in [-0.1, -0.05) is 44.5 Å². The number of nitrogens with one attached hydrogen (secondary N) is 2. The summed E-state index contributed by atoms with van der Waals surface area (Å²) in [6.07, 6.45) is 16.0. The summed E-state index contributed by atoms with van der Waals surface area (Å²) >= 11 is 5.96.